The van der Waals surface area contributed by atoms with E-state index in [1.165, 1.54) is 17.0 Å². The number of nitrogens with zero attached hydrogens (tertiary/aromatic N) is 4. The summed E-state index contributed by atoms with van der Waals surface area (Å²) in [6.07, 6.45) is 2.89. The third-order valence-electron chi connectivity index (χ3n) is 4.07. The normalized spacial score (nSPS) is 11.0. The van der Waals surface area contributed by atoms with Crippen LogP contribution in [0, 0.1) is 18.3 Å². The molecule has 3 rings (SSSR count). The number of likely N-dealkylation sites (N-methyl/N-ethyl adjacent to an activating group) is 1. The number of rotatable bonds is 5. The van der Waals surface area contributed by atoms with Crippen molar-refractivity contribution in [3.63, 3.8) is 0 Å². The van der Waals surface area contributed by atoms with Crippen molar-refractivity contribution < 1.29 is 0 Å². The molecule has 2 heterocycles. The van der Waals surface area contributed by atoms with Crippen molar-refractivity contribution in [3.05, 3.63) is 71.2 Å². The third kappa shape index (κ3) is 3.41. The highest BCUT2D eigenvalue weighted by molar-refractivity contribution is 5.42. The quantitative estimate of drug-likeness (QED) is 0.727. The first kappa shape index (κ1) is 15.3. The van der Waals surface area contributed by atoms with Crippen molar-refractivity contribution in [3.8, 4) is 6.07 Å². The first-order chi connectivity index (χ1) is 11.2. The summed E-state index contributed by atoms with van der Waals surface area (Å²) in [5.74, 6) is 0. The van der Waals surface area contributed by atoms with E-state index in [4.69, 9.17) is 5.26 Å². The molecule has 0 saturated heterocycles. The molecule has 0 amide bonds. The van der Waals surface area contributed by atoms with Crippen molar-refractivity contribution in [1.82, 2.24) is 14.3 Å². The smallest absolute Gasteiger partial charge is 0.137 e. The van der Waals surface area contributed by atoms with E-state index in [2.05, 4.69) is 46.5 Å². The second kappa shape index (κ2) is 6.64. The summed E-state index contributed by atoms with van der Waals surface area (Å²) in [6.45, 7) is 3.89. The molecule has 0 aliphatic rings. The van der Waals surface area contributed by atoms with Gasteiger partial charge in [0.25, 0.3) is 0 Å². The molecular formula is C19H20N4. The van der Waals surface area contributed by atoms with Crippen molar-refractivity contribution >= 4 is 5.65 Å². The first-order valence-electron chi connectivity index (χ1n) is 7.77. The lowest BCUT2D eigenvalue weighted by Gasteiger charge is -2.17. The Balaban J connectivity index is 1.67. The van der Waals surface area contributed by atoms with E-state index in [0.717, 1.165) is 30.7 Å². The number of hydrogen-bond donors (Lipinski definition) is 0. The number of aromatic nitrogens is 2. The van der Waals surface area contributed by atoms with Gasteiger partial charge in [-0.2, -0.15) is 5.26 Å². The van der Waals surface area contributed by atoms with E-state index < -0.39 is 0 Å². The molecule has 0 bridgehead atoms. The number of nitriles is 1. The van der Waals surface area contributed by atoms with Crippen LogP contribution < -0.4 is 0 Å². The van der Waals surface area contributed by atoms with Crippen molar-refractivity contribution in [2.75, 3.05) is 13.6 Å². The highest BCUT2D eigenvalue weighted by Crippen LogP contribution is 2.12. The maximum atomic E-state index is 8.97. The summed E-state index contributed by atoms with van der Waals surface area (Å²) in [5.41, 5.74) is 5.32. The molecular weight excluding hydrogens is 284 g/mol. The summed E-state index contributed by atoms with van der Waals surface area (Å²) >= 11 is 0. The van der Waals surface area contributed by atoms with E-state index in [9.17, 15) is 0 Å². The average Bonchev–Trinajstić information content (AvgIpc) is 2.97. The standard InChI is InChI=1S/C19H20N4/c1-15-5-3-8-19-21-13-18(23(15)19)14-22(2)10-9-16-6-4-7-17(11-16)12-20/h3-8,11,13H,9-10,14H2,1-2H3. The van der Waals surface area contributed by atoms with Crippen LogP contribution in [0.5, 0.6) is 0 Å². The fraction of sp³-hybridized carbons (Fsp3) is 0.263. The Kier molecular flexibility index (Phi) is 4.40. The van der Waals surface area contributed by atoms with Gasteiger partial charge in [-0.15, -0.1) is 0 Å². The number of pyridine rings is 1. The molecule has 23 heavy (non-hydrogen) atoms. The van der Waals surface area contributed by atoms with Gasteiger partial charge in [-0.3, -0.25) is 0 Å². The van der Waals surface area contributed by atoms with Crippen LogP contribution in [0.15, 0.2) is 48.7 Å². The summed E-state index contributed by atoms with van der Waals surface area (Å²) in [4.78, 5) is 6.76. The fourth-order valence-corrected chi connectivity index (χ4v) is 2.86. The van der Waals surface area contributed by atoms with Crippen LogP contribution in [-0.4, -0.2) is 27.9 Å². The molecule has 116 valence electrons. The van der Waals surface area contributed by atoms with Crippen LogP contribution in [-0.2, 0) is 13.0 Å². The largest absolute Gasteiger partial charge is 0.300 e. The van der Waals surface area contributed by atoms with Gasteiger partial charge in [0.2, 0.25) is 0 Å². The van der Waals surface area contributed by atoms with Crippen molar-refractivity contribution in [2.24, 2.45) is 0 Å². The van der Waals surface area contributed by atoms with Crippen LogP contribution in [0.3, 0.4) is 0 Å². The van der Waals surface area contributed by atoms with E-state index in [1.807, 2.05) is 36.5 Å². The molecule has 0 spiro atoms. The van der Waals surface area contributed by atoms with Gasteiger partial charge in [-0.25, -0.2) is 4.98 Å². The summed E-state index contributed by atoms with van der Waals surface area (Å²) in [7, 11) is 2.12. The number of imidazole rings is 1. The van der Waals surface area contributed by atoms with Crippen molar-refractivity contribution in [2.45, 2.75) is 19.9 Å². The minimum atomic E-state index is 0.725. The predicted molar refractivity (Wildman–Crippen MR) is 91.1 cm³/mol. The molecule has 4 heteroatoms. The Morgan fingerprint density at radius 2 is 2.04 bits per heavy atom. The van der Waals surface area contributed by atoms with Gasteiger partial charge in [-0.05, 0) is 50.2 Å². The Labute approximate surface area is 136 Å². The molecule has 4 nitrogen and oxygen atoms in total. The van der Waals surface area contributed by atoms with Gasteiger partial charge < -0.3 is 9.30 Å². The highest BCUT2D eigenvalue weighted by Gasteiger charge is 2.08. The molecule has 0 saturated carbocycles. The van der Waals surface area contributed by atoms with Gasteiger partial charge in [0, 0.05) is 18.8 Å². The second-order valence-corrected chi connectivity index (χ2v) is 5.91. The van der Waals surface area contributed by atoms with Gasteiger partial charge >= 0.3 is 0 Å². The average molecular weight is 304 g/mol. The Hall–Kier alpha value is -2.64. The molecule has 0 unspecified atom stereocenters. The van der Waals surface area contributed by atoms with Gasteiger partial charge in [-0.1, -0.05) is 18.2 Å². The number of benzene rings is 1. The van der Waals surface area contributed by atoms with Gasteiger partial charge in [0.15, 0.2) is 0 Å². The third-order valence-corrected chi connectivity index (χ3v) is 4.07. The molecule has 1 aromatic carbocycles. The Morgan fingerprint density at radius 3 is 2.87 bits per heavy atom. The van der Waals surface area contributed by atoms with E-state index >= 15 is 0 Å². The number of fused-ring (bicyclic) bond motifs is 1. The van der Waals surface area contributed by atoms with Gasteiger partial charge in [0.05, 0.1) is 23.5 Å². The highest BCUT2D eigenvalue weighted by atomic mass is 15.1. The predicted octanol–water partition coefficient (Wildman–Crippen LogP) is 3.19. The molecule has 0 N–H and O–H groups in total. The first-order valence-corrected chi connectivity index (χ1v) is 7.77. The summed E-state index contributed by atoms with van der Waals surface area (Å²) in [6, 6.07) is 16.2. The Morgan fingerprint density at radius 1 is 1.22 bits per heavy atom. The van der Waals surface area contributed by atoms with E-state index in [-0.39, 0.29) is 0 Å². The Bertz CT molecular complexity index is 857. The zero-order valence-corrected chi connectivity index (χ0v) is 13.5. The minimum Gasteiger partial charge on any atom is -0.300 e. The molecule has 0 atom stereocenters. The molecule has 0 aliphatic heterocycles. The van der Waals surface area contributed by atoms with E-state index in [0.29, 0.717) is 0 Å². The lowest BCUT2D eigenvalue weighted by Crippen LogP contribution is -2.21. The monoisotopic (exact) mass is 304 g/mol. The van der Waals surface area contributed by atoms with Crippen LogP contribution in [0.25, 0.3) is 5.65 Å². The summed E-state index contributed by atoms with van der Waals surface area (Å²) in [5, 5.41) is 8.97. The molecule has 0 radical (unpaired) electrons. The molecule has 0 aliphatic carbocycles. The van der Waals surface area contributed by atoms with Crippen LogP contribution >= 0.6 is 0 Å². The van der Waals surface area contributed by atoms with Crippen LogP contribution in [0.2, 0.25) is 0 Å². The second-order valence-electron chi connectivity index (χ2n) is 5.91. The maximum Gasteiger partial charge on any atom is 0.137 e. The van der Waals surface area contributed by atoms with Crippen molar-refractivity contribution in [1.29, 1.82) is 5.26 Å². The van der Waals surface area contributed by atoms with Crippen LogP contribution in [0.4, 0.5) is 0 Å². The number of hydrogen-bond acceptors (Lipinski definition) is 3. The van der Waals surface area contributed by atoms with E-state index in [1.54, 1.807) is 0 Å². The lowest BCUT2D eigenvalue weighted by atomic mass is 10.1. The maximum absolute atomic E-state index is 8.97. The number of aryl methyl sites for hydroxylation is 1. The SMILES string of the molecule is Cc1cccc2ncc(CN(C)CCc3cccc(C#N)c3)n12. The van der Waals surface area contributed by atoms with Gasteiger partial charge in [0.1, 0.15) is 5.65 Å². The zero-order valence-electron chi connectivity index (χ0n) is 13.5. The molecule has 2 aromatic heterocycles. The molecule has 3 aromatic rings. The topological polar surface area (TPSA) is 44.3 Å². The fourth-order valence-electron chi connectivity index (χ4n) is 2.86. The van der Waals surface area contributed by atoms with Crippen LogP contribution in [0.1, 0.15) is 22.5 Å². The lowest BCUT2D eigenvalue weighted by molar-refractivity contribution is 0.326. The summed E-state index contributed by atoms with van der Waals surface area (Å²) < 4.78 is 2.20. The zero-order chi connectivity index (χ0) is 16.2. The molecule has 0 fully saturated rings. The minimum absolute atomic E-state index is 0.725.